The van der Waals surface area contributed by atoms with E-state index in [-0.39, 0.29) is 11.9 Å². The summed E-state index contributed by atoms with van der Waals surface area (Å²) in [6.45, 7) is 5.41. The predicted molar refractivity (Wildman–Crippen MR) is 130 cm³/mol. The third-order valence-electron chi connectivity index (χ3n) is 5.55. The first kappa shape index (κ1) is 21.9. The van der Waals surface area contributed by atoms with Crippen molar-refractivity contribution in [2.24, 2.45) is 4.99 Å². The summed E-state index contributed by atoms with van der Waals surface area (Å²) < 4.78 is 24.6. The monoisotopic (exact) mass is 452 g/mol. The van der Waals surface area contributed by atoms with Crippen molar-refractivity contribution in [3.8, 4) is 0 Å². The number of rotatable bonds is 6. The van der Waals surface area contributed by atoms with Crippen LogP contribution in [-0.4, -0.2) is 47.9 Å². The predicted octanol–water partition coefficient (Wildman–Crippen LogP) is 3.86. The molecule has 3 aromatic rings. The van der Waals surface area contributed by atoms with E-state index in [1.54, 1.807) is 20.0 Å². The number of aromatic amines is 1. The van der Waals surface area contributed by atoms with Gasteiger partial charge in [0.1, 0.15) is 6.17 Å². The lowest BCUT2D eigenvalue weighted by atomic mass is 10.2. The fourth-order valence-electron chi connectivity index (χ4n) is 3.49. The molecule has 1 aliphatic rings. The van der Waals surface area contributed by atoms with Gasteiger partial charge in [-0.05, 0) is 62.7 Å². The van der Waals surface area contributed by atoms with Gasteiger partial charge in [0.15, 0.2) is 9.84 Å². The Morgan fingerprint density at radius 3 is 2.75 bits per heavy atom. The Labute approximate surface area is 188 Å². The summed E-state index contributed by atoms with van der Waals surface area (Å²) in [7, 11) is -1.22. The van der Waals surface area contributed by atoms with Gasteiger partial charge in [-0.15, -0.1) is 0 Å². The molecule has 1 atom stereocenters. The lowest BCUT2D eigenvalue weighted by Crippen LogP contribution is -2.45. The van der Waals surface area contributed by atoms with Crippen LogP contribution in [0.15, 0.2) is 59.7 Å². The molecule has 0 bridgehead atoms. The average Bonchev–Trinajstić information content (AvgIpc) is 3.11. The first-order valence-corrected chi connectivity index (χ1v) is 12.2. The number of H-pyrrole nitrogens is 1. The molecular formula is C23H28N6O2S. The summed E-state index contributed by atoms with van der Waals surface area (Å²) in [5.41, 5.74) is 4.44. The van der Waals surface area contributed by atoms with Gasteiger partial charge in [0.2, 0.25) is 5.96 Å². The minimum Gasteiger partial charge on any atom is -0.362 e. The molecule has 2 aromatic carbocycles. The van der Waals surface area contributed by atoms with Crippen molar-refractivity contribution < 1.29 is 8.42 Å². The van der Waals surface area contributed by atoms with Crippen molar-refractivity contribution in [1.29, 1.82) is 0 Å². The Hall–Kier alpha value is -3.33. The highest BCUT2D eigenvalue weighted by Gasteiger charge is 2.20. The molecule has 8 nitrogen and oxygen atoms in total. The molecule has 2 heterocycles. The number of hydrogen-bond donors (Lipinski definition) is 3. The van der Waals surface area contributed by atoms with Gasteiger partial charge in [0.25, 0.3) is 0 Å². The van der Waals surface area contributed by atoms with Crippen LogP contribution in [0.2, 0.25) is 0 Å². The topological polar surface area (TPSA) is 102 Å². The zero-order chi connectivity index (χ0) is 22.9. The van der Waals surface area contributed by atoms with Crippen LogP contribution < -0.4 is 10.6 Å². The van der Waals surface area contributed by atoms with Crippen molar-refractivity contribution in [2.45, 2.75) is 37.9 Å². The van der Waals surface area contributed by atoms with Crippen LogP contribution in [0.25, 0.3) is 10.9 Å². The number of hydrogen-bond acceptors (Lipinski definition) is 7. The van der Waals surface area contributed by atoms with Crippen molar-refractivity contribution in [3.63, 3.8) is 0 Å². The van der Waals surface area contributed by atoms with E-state index < -0.39 is 15.1 Å². The summed E-state index contributed by atoms with van der Waals surface area (Å²) >= 11 is 0. The van der Waals surface area contributed by atoms with E-state index >= 15 is 0 Å². The van der Waals surface area contributed by atoms with Crippen molar-refractivity contribution in [1.82, 2.24) is 15.1 Å². The summed E-state index contributed by atoms with van der Waals surface area (Å²) in [5.74, 6) is 0.674. The molecule has 1 aliphatic heterocycles. The number of sulfone groups is 1. The Bertz CT molecular complexity index is 1290. The number of guanidine groups is 1. The summed E-state index contributed by atoms with van der Waals surface area (Å²) in [5, 5.41) is 14.8. The maximum absolute atomic E-state index is 12.3. The maximum atomic E-state index is 12.3. The molecule has 1 aromatic heterocycles. The third-order valence-corrected chi connectivity index (χ3v) is 7.72. The zero-order valence-electron chi connectivity index (χ0n) is 18.6. The maximum Gasteiger partial charge on any atom is 0.204 e. The molecule has 3 N–H and O–H groups in total. The number of fused-ring (bicyclic) bond motifs is 1. The van der Waals surface area contributed by atoms with Gasteiger partial charge in [-0.2, -0.15) is 5.10 Å². The summed E-state index contributed by atoms with van der Waals surface area (Å²) in [6.07, 6.45) is 3.61. The van der Waals surface area contributed by atoms with Gasteiger partial charge in [-0.3, -0.25) is 5.10 Å². The van der Waals surface area contributed by atoms with E-state index in [9.17, 15) is 8.42 Å². The Morgan fingerprint density at radius 2 is 1.97 bits per heavy atom. The summed E-state index contributed by atoms with van der Waals surface area (Å²) in [4.78, 5) is 6.44. The molecule has 168 valence electrons. The van der Waals surface area contributed by atoms with E-state index in [1.165, 1.54) is 0 Å². The fourth-order valence-corrected chi connectivity index (χ4v) is 4.46. The van der Waals surface area contributed by atoms with Gasteiger partial charge in [0, 0.05) is 35.7 Å². The van der Waals surface area contributed by atoms with Crippen molar-refractivity contribution in [2.75, 3.05) is 17.7 Å². The van der Waals surface area contributed by atoms with Crippen molar-refractivity contribution in [3.05, 3.63) is 66.0 Å². The second-order valence-corrected chi connectivity index (χ2v) is 10.8. The molecule has 1 unspecified atom stereocenters. The molecule has 32 heavy (non-hydrogen) atoms. The Kier molecular flexibility index (Phi) is 5.92. The SMILES string of the molecule is Cc1[nH]nc2cc(NC3C=CN=C(Nc4cccc(CS(=O)(=O)C(C)C)c4)N3C)ccc12. The highest BCUT2D eigenvalue weighted by atomic mass is 32.2. The molecule has 0 aliphatic carbocycles. The first-order valence-electron chi connectivity index (χ1n) is 10.5. The highest BCUT2D eigenvalue weighted by molar-refractivity contribution is 7.91. The number of benzene rings is 2. The molecule has 4 rings (SSSR count). The number of likely N-dealkylation sites (N-methyl/N-ethyl adjacent to an activating group) is 1. The molecule has 9 heteroatoms. The first-order chi connectivity index (χ1) is 15.2. The van der Waals surface area contributed by atoms with Gasteiger partial charge < -0.3 is 15.5 Å². The fraction of sp³-hybridized carbons (Fsp3) is 0.304. The highest BCUT2D eigenvalue weighted by Crippen LogP contribution is 2.22. The lowest BCUT2D eigenvalue weighted by Gasteiger charge is -2.32. The molecule has 0 amide bonds. The third kappa shape index (κ3) is 4.62. The average molecular weight is 453 g/mol. The minimum absolute atomic E-state index is 0.0156. The van der Waals surface area contributed by atoms with Crippen LogP contribution in [0.5, 0.6) is 0 Å². The zero-order valence-corrected chi connectivity index (χ0v) is 19.4. The number of nitrogens with zero attached hydrogens (tertiary/aromatic N) is 3. The van der Waals surface area contributed by atoms with Crippen LogP contribution in [0.3, 0.4) is 0 Å². The van der Waals surface area contributed by atoms with Crippen LogP contribution in [0.4, 0.5) is 11.4 Å². The van der Waals surface area contributed by atoms with Gasteiger partial charge in [-0.1, -0.05) is 12.1 Å². The number of aromatic nitrogens is 2. The standard InChI is InChI=1S/C23H28N6O2S/c1-15(2)32(30,31)14-17-6-5-7-18(12-17)26-23-24-11-10-22(29(23)4)25-19-8-9-20-16(3)27-28-21(20)13-19/h5-13,15,22,25H,14H2,1-4H3,(H,24,26)(H,27,28). The van der Waals surface area contributed by atoms with Crippen LogP contribution >= 0.6 is 0 Å². The smallest absolute Gasteiger partial charge is 0.204 e. The Morgan fingerprint density at radius 1 is 1.16 bits per heavy atom. The normalized spacial score (nSPS) is 16.5. The van der Waals surface area contributed by atoms with Gasteiger partial charge >= 0.3 is 0 Å². The number of aliphatic imine (C=N–C) groups is 1. The number of anilines is 2. The molecular weight excluding hydrogens is 424 g/mol. The number of aryl methyl sites for hydroxylation is 1. The van der Waals surface area contributed by atoms with E-state index in [0.717, 1.165) is 33.5 Å². The van der Waals surface area contributed by atoms with Crippen molar-refractivity contribution >= 4 is 38.1 Å². The lowest BCUT2D eigenvalue weighted by molar-refractivity contribution is 0.454. The van der Waals surface area contributed by atoms with Crippen LogP contribution in [0, 0.1) is 6.92 Å². The van der Waals surface area contributed by atoms with E-state index in [0.29, 0.717) is 5.96 Å². The van der Waals surface area contributed by atoms with Gasteiger partial charge in [-0.25, -0.2) is 13.4 Å². The molecule has 0 saturated heterocycles. The summed E-state index contributed by atoms with van der Waals surface area (Å²) in [6, 6.07) is 13.5. The largest absolute Gasteiger partial charge is 0.362 e. The minimum atomic E-state index is -3.17. The van der Waals surface area contributed by atoms with Crippen LogP contribution in [0.1, 0.15) is 25.1 Å². The van der Waals surface area contributed by atoms with Crippen LogP contribution in [-0.2, 0) is 15.6 Å². The van der Waals surface area contributed by atoms with E-state index in [1.807, 2.05) is 67.4 Å². The second-order valence-electron chi connectivity index (χ2n) is 8.26. The molecule has 0 radical (unpaired) electrons. The van der Waals surface area contributed by atoms with E-state index in [4.69, 9.17) is 0 Å². The molecule has 0 fully saturated rings. The number of nitrogens with one attached hydrogen (secondary N) is 3. The van der Waals surface area contributed by atoms with Gasteiger partial charge in [0.05, 0.1) is 16.5 Å². The second kappa shape index (κ2) is 8.66. The molecule has 0 saturated carbocycles. The molecule has 0 spiro atoms. The van der Waals surface area contributed by atoms with E-state index in [2.05, 4.69) is 25.8 Å². The Balaban J connectivity index is 1.46. The quantitative estimate of drug-likeness (QED) is 0.525.